The first-order valence-electron chi connectivity index (χ1n) is 7.09. The van der Waals surface area contributed by atoms with Gasteiger partial charge < -0.3 is 21.1 Å². The fraction of sp³-hybridized carbons (Fsp3) is 0. The van der Waals surface area contributed by atoms with Gasteiger partial charge in [0.25, 0.3) is 0 Å². The maximum atomic E-state index is 12.0. The second kappa shape index (κ2) is 7.64. The van der Waals surface area contributed by atoms with Crippen LogP contribution in [0.25, 0.3) is 6.08 Å². The molecule has 0 aliphatic rings. The van der Waals surface area contributed by atoms with Gasteiger partial charge in [-0.25, -0.2) is 0 Å². The van der Waals surface area contributed by atoms with E-state index in [9.17, 15) is 24.9 Å². The minimum absolute atomic E-state index is 0.169. The van der Waals surface area contributed by atoms with Crippen molar-refractivity contribution in [2.75, 3.05) is 0 Å². The Morgan fingerprint density at radius 3 is 2.32 bits per heavy atom. The number of rotatable bonds is 5. The first-order valence-corrected chi connectivity index (χ1v) is 7.09. The van der Waals surface area contributed by atoms with Crippen molar-refractivity contribution in [3.8, 4) is 17.2 Å². The van der Waals surface area contributed by atoms with Crippen molar-refractivity contribution in [1.82, 2.24) is 5.43 Å². The molecule has 2 rings (SSSR count). The average Bonchev–Trinajstić information content (AvgIpc) is 2.60. The van der Waals surface area contributed by atoms with E-state index in [1.807, 2.05) is 0 Å². The molecule has 8 nitrogen and oxygen atoms in total. The molecule has 8 heteroatoms. The van der Waals surface area contributed by atoms with Crippen LogP contribution in [0.5, 0.6) is 17.2 Å². The molecule has 7 N–H and O–H groups in total. The van der Waals surface area contributed by atoms with Crippen molar-refractivity contribution in [3.05, 3.63) is 59.2 Å². The number of aromatic hydroxyl groups is 3. The normalized spacial score (nSPS) is 11.0. The Morgan fingerprint density at radius 1 is 1.00 bits per heavy atom. The van der Waals surface area contributed by atoms with Gasteiger partial charge in [-0.1, -0.05) is 12.1 Å². The van der Waals surface area contributed by atoms with Crippen LogP contribution >= 0.6 is 0 Å². The molecule has 2 amide bonds. The van der Waals surface area contributed by atoms with Crippen molar-refractivity contribution in [3.63, 3.8) is 0 Å². The Labute approximate surface area is 142 Å². The molecule has 0 saturated carbocycles. The second-order valence-corrected chi connectivity index (χ2v) is 4.97. The highest BCUT2D eigenvalue weighted by Gasteiger charge is 2.12. The molecule has 0 fully saturated rings. The average molecular weight is 342 g/mol. The zero-order valence-corrected chi connectivity index (χ0v) is 12.9. The van der Waals surface area contributed by atoms with E-state index in [1.54, 1.807) is 24.3 Å². The lowest BCUT2D eigenvalue weighted by molar-refractivity contribution is -0.503. The Kier molecular flexibility index (Phi) is 5.36. The van der Waals surface area contributed by atoms with Gasteiger partial charge in [-0.05, 0) is 35.9 Å². The number of benzene rings is 2. The monoisotopic (exact) mass is 342 g/mol. The minimum Gasteiger partial charge on any atom is -0.504 e. The molecule has 0 aromatic heterocycles. The van der Waals surface area contributed by atoms with Gasteiger partial charge >= 0.3 is 5.91 Å². The third kappa shape index (κ3) is 4.58. The van der Waals surface area contributed by atoms with Crippen LogP contribution in [0.4, 0.5) is 0 Å². The molecule has 0 heterocycles. The molecule has 0 bridgehead atoms. The second-order valence-electron chi connectivity index (χ2n) is 4.97. The van der Waals surface area contributed by atoms with E-state index in [0.717, 1.165) is 0 Å². The molecule has 0 unspecified atom stereocenters. The van der Waals surface area contributed by atoms with E-state index in [0.29, 0.717) is 11.1 Å². The first-order chi connectivity index (χ1) is 11.9. The Bertz CT molecular complexity index is 857. The van der Waals surface area contributed by atoms with Crippen molar-refractivity contribution in [2.24, 2.45) is 5.73 Å². The summed E-state index contributed by atoms with van der Waals surface area (Å²) < 4.78 is 0. The highest BCUT2D eigenvalue weighted by atomic mass is 16.3. The number of hydrazine groups is 1. The largest absolute Gasteiger partial charge is 0.504 e. The maximum Gasteiger partial charge on any atom is 0.304 e. The third-order valence-electron chi connectivity index (χ3n) is 3.19. The molecule has 128 valence electrons. The van der Waals surface area contributed by atoms with Crippen LogP contribution in [-0.4, -0.2) is 33.3 Å². The number of nitrogens with one attached hydrogen (secondary N) is 2. The lowest BCUT2D eigenvalue weighted by Crippen LogP contribution is -2.81. The van der Waals surface area contributed by atoms with Gasteiger partial charge in [0.1, 0.15) is 0 Å². The van der Waals surface area contributed by atoms with Gasteiger partial charge in [0.15, 0.2) is 11.5 Å². The van der Waals surface area contributed by atoms with Crippen molar-refractivity contribution in [2.45, 2.75) is 0 Å². The summed E-state index contributed by atoms with van der Waals surface area (Å²) in [6, 6.07) is 8.94. The number of primary amides is 1. The first kappa shape index (κ1) is 17.5. The van der Waals surface area contributed by atoms with Crippen molar-refractivity contribution in [1.29, 1.82) is 0 Å². The molecular formula is C17H16N3O5+. The van der Waals surface area contributed by atoms with Gasteiger partial charge in [0, 0.05) is 11.6 Å². The molecular weight excluding hydrogens is 326 g/mol. The summed E-state index contributed by atoms with van der Waals surface area (Å²) in [4.78, 5) is 22.6. The number of phenolic OH excluding ortho intramolecular Hbond substituents is 3. The quantitative estimate of drug-likeness (QED) is 0.181. The number of nitrogens with two attached hydrogens (primary N) is 1. The predicted octanol–water partition coefficient (Wildman–Crippen LogP) is -0.854. The van der Waals surface area contributed by atoms with Crippen LogP contribution in [-0.2, 0) is 4.79 Å². The molecule has 0 atom stereocenters. The Morgan fingerprint density at radius 2 is 1.68 bits per heavy atom. The smallest absolute Gasteiger partial charge is 0.304 e. The number of hydrogen-bond donors (Lipinski definition) is 6. The van der Waals surface area contributed by atoms with Crippen molar-refractivity contribution < 1.29 is 30.0 Å². The lowest BCUT2D eigenvalue weighted by atomic mass is 10.1. The number of phenols is 3. The fourth-order valence-corrected chi connectivity index (χ4v) is 1.88. The van der Waals surface area contributed by atoms with Gasteiger partial charge in [0.05, 0.1) is 5.56 Å². The number of carbonyl (C=O) groups is 2. The highest BCUT2D eigenvalue weighted by Crippen LogP contribution is 2.35. The number of carbonyl (C=O) groups excluding carboxylic acids is 2. The van der Waals surface area contributed by atoms with E-state index < -0.39 is 29.1 Å². The SMILES string of the molecule is NC(=O)/C=C/c1ccc(C(=O)N/[NH+]=C/c2ccc(O)c(O)c2O)cc1. The summed E-state index contributed by atoms with van der Waals surface area (Å²) in [5, 5.41) is 30.8. The molecule has 25 heavy (non-hydrogen) atoms. The van der Waals surface area contributed by atoms with E-state index in [-0.39, 0.29) is 5.56 Å². The summed E-state index contributed by atoms with van der Waals surface area (Å²) in [5.41, 5.74) is 8.62. The summed E-state index contributed by atoms with van der Waals surface area (Å²) in [6.07, 6.45) is 3.98. The molecule has 2 aromatic rings. The van der Waals surface area contributed by atoms with Crippen molar-refractivity contribution >= 4 is 24.1 Å². The van der Waals surface area contributed by atoms with Crippen LogP contribution in [0.3, 0.4) is 0 Å². The molecule has 2 aromatic carbocycles. The predicted molar refractivity (Wildman–Crippen MR) is 89.7 cm³/mol. The molecule has 0 aliphatic heterocycles. The molecule has 0 radical (unpaired) electrons. The fourth-order valence-electron chi connectivity index (χ4n) is 1.88. The topological polar surface area (TPSA) is 147 Å². The van der Waals surface area contributed by atoms with Gasteiger partial charge in [-0.3, -0.25) is 9.59 Å². The number of hydrogen-bond acceptors (Lipinski definition) is 5. The van der Waals surface area contributed by atoms with Gasteiger partial charge in [0.2, 0.25) is 17.9 Å². The minimum atomic E-state index is -0.651. The number of amides is 2. The standard InChI is InChI=1S/C17H15N3O5/c18-14(22)8-3-10-1-4-11(5-2-10)17(25)20-19-9-12-6-7-13(21)16(24)15(12)23/h1-9,21,23-24H,(H2,18,22)(H,20,25)/p+1/b8-3+,19-9+. The van der Waals surface area contributed by atoms with Crippen LogP contribution in [0.1, 0.15) is 21.5 Å². The summed E-state index contributed by atoms with van der Waals surface area (Å²) in [5.74, 6) is -2.63. The van der Waals surface area contributed by atoms with Crippen LogP contribution in [0.2, 0.25) is 0 Å². The Hall–Kier alpha value is -3.81. The van der Waals surface area contributed by atoms with E-state index >= 15 is 0 Å². The molecule has 0 saturated heterocycles. The van der Waals surface area contributed by atoms with Crippen LogP contribution in [0, 0.1) is 0 Å². The zero-order chi connectivity index (χ0) is 18.4. The molecule has 0 aliphatic carbocycles. The number of hydrazone groups is 1. The summed E-state index contributed by atoms with van der Waals surface area (Å²) in [7, 11) is 0. The summed E-state index contributed by atoms with van der Waals surface area (Å²) in [6.45, 7) is 0. The highest BCUT2D eigenvalue weighted by molar-refractivity contribution is 5.94. The summed E-state index contributed by atoms with van der Waals surface area (Å²) >= 11 is 0. The zero-order valence-electron chi connectivity index (χ0n) is 12.9. The lowest BCUT2D eigenvalue weighted by Gasteiger charge is -2.01. The third-order valence-corrected chi connectivity index (χ3v) is 3.19. The van der Waals surface area contributed by atoms with Gasteiger partial charge in [-0.15, -0.1) is 10.5 Å². The van der Waals surface area contributed by atoms with E-state index in [4.69, 9.17) is 5.73 Å². The Balaban J connectivity index is 2.03. The van der Waals surface area contributed by atoms with Crippen LogP contribution in [0.15, 0.2) is 42.5 Å². The maximum absolute atomic E-state index is 12.0. The van der Waals surface area contributed by atoms with Gasteiger partial charge in [-0.2, -0.15) is 0 Å². The van der Waals surface area contributed by atoms with E-state index in [2.05, 4.69) is 10.5 Å². The molecule has 0 spiro atoms. The van der Waals surface area contributed by atoms with Crippen LogP contribution < -0.4 is 16.3 Å². The van der Waals surface area contributed by atoms with E-state index in [1.165, 1.54) is 30.5 Å².